The van der Waals surface area contributed by atoms with Crippen molar-refractivity contribution >= 4 is 11.8 Å². The van der Waals surface area contributed by atoms with Crippen molar-refractivity contribution in [1.29, 1.82) is 0 Å². The van der Waals surface area contributed by atoms with Crippen LogP contribution in [0.5, 0.6) is 5.75 Å². The molecule has 6 nitrogen and oxygen atoms in total. The predicted octanol–water partition coefficient (Wildman–Crippen LogP) is -0.855. The number of nitrogens with one attached hydrogen (secondary N) is 2. The Hall–Kier alpha value is -2.08. The number of carbonyl (C=O) groups is 2. The third-order valence-electron chi connectivity index (χ3n) is 1.57. The minimum absolute atomic E-state index is 0.0452. The number of hydrogen-bond acceptors (Lipinski definition) is 4. The zero-order valence-electron chi connectivity index (χ0n) is 7.73. The largest absolute Gasteiger partial charge is 0.508 e. The van der Waals surface area contributed by atoms with E-state index in [1.165, 1.54) is 24.3 Å². The fourth-order valence-electron chi connectivity index (χ4n) is 0.885. The molecule has 1 rings (SSSR count). The van der Waals surface area contributed by atoms with Gasteiger partial charge in [-0.05, 0) is 18.2 Å². The fraction of sp³-hybridized carbons (Fsp3) is 0.111. The van der Waals surface area contributed by atoms with Gasteiger partial charge in [-0.3, -0.25) is 20.4 Å². The normalized spacial score (nSPS) is 9.40. The molecule has 0 aliphatic rings. The number of hydrogen-bond donors (Lipinski definition) is 4. The summed E-state index contributed by atoms with van der Waals surface area (Å²) in [5.74, 6) is -1.34. The highest BCUT2D eigenvalue weighted by Gasteiger charge is 2.06. The summed E-state index contributed by atoms with van der Waals surface area (Å²) < 4.78 is 0. The van der Waals surface area contributed by atoms with Gasteiger partial charge in [0.15, 0.2) is 0 Å². The molecule has 0 atom stereocenters. The molecule has 0 aliphatic heterocycles. The van der Waals surface area contributed by atoms with Crippen LogP contribution in [-0.2, 0) is 4.79 Å². The number of aliphatic hydroxyl groups is 1. The van der Waals surface area contributed by atoms with E-state index in [1.807, 2.05) is 5.43 Å². The molecule has 0 spiro atoms. The van der Waals surface area contributed by atoms with Crippen LogP contribution in [0.1, 0.15) is 10.4 Å². The van der Waals surface area contributed by atoms with Gasteiger partial charge in [0.25, 0.3) is 11.8 Å². The summed E-state index contributed by atoms with van der Waals surface area (Å²) in [6, 6.07) is 5.64. The van der Waals surface area contributed by atoms with E-state index in [0.29, 0.717) is 0 Å². The summed E-state index contributed by atoms with van der Waals surface area (Å²) >= 11 is 0. The lowest BCUT2D eigenvalue weighted by Gasteiger charge is -2.05. The van der Waals surface area contributed by atoms with Crippen LogP contribution in [-0.4, -0.2) is 28.6 Å². The minimum Gasteiger partial charge on any atom is -0.508 e. The fourth-order valence-corrected chi connectivity index (χ4v) is 0.885. The van der Waals surface area contributed by atoms with Crippen molar-refractivity contribution in [2.24, 2.45) is 0 Å². The molecular formula is C9H10N2O4. The van der Waals surface area contributed by atoms with Gasteiger partial charge in [-0.2, -0.15) is 0 Å². The van der Waals surface area contributed by atoms with Crippen LogP contribution < -0.4 is 10.9 Å². The van der Waals surface area contributed by atoms with Gasteiger partial charge in [-0.1, -0.05) is 6.07 Å². The van der Waals surface area contributed by atoms with Crippen molar-refractivity contribution in [1.82, 2.24) is 10.9 Å². The molecule has 0 aliphatic carbocycles. The van der Waals surface area contributed by atoms with E-state index in [1.54, 1.807) is 0 Å². The van der Waals surface area contributed by atoms with E-state index >= 15 is 0 Å². The first kappa shape index (κ1) is 11.0. The maximum atomic E-state index is 11.3. The zero-order chi connectivity index (χ0) is 11.3. The molecule has 80 valence electrons. The highest BCUT2D eigenvalue weighted by molar-refractivity contribution is 5.95. The van der Waals surface area contributed by atoms with E-state index in [0.717, 1.165) is 0 Å². The number of hydrazine groups is 1. The van der Waals surface area contributed by atoms with Crippen molar-refractivity contribution in [2.45, 2.75) is 0 Å². The van der Waals surface area contributed by atoms with E-state index in [-0.39, 0.29) is 11.3 Å². The molecule has 0 fully saturated rings. The molecule has 0 aromatic heterocycles. The Balaban J connectivity index is 2.58. The quantitative estimate of drug-likeness (QED) is 0.477. The Bertz CT molecular complexity index is 378. The molecule has 6 heteroatoms. The topological polar surface area (TPSA) is 98.7 Å². The van der Waals surface area contributed by atoms with Crippen LogP contribution in [0.2, 0.25) is 0 Å². The number of rotatable bonds is 2. The highest BCUT2D eigenvalue weighted by Crippen LogP contribution is 2.10. The zero-order valence-corrected chi connectivity index (χ0v) is 7.73. The molecule has 2 amide bonds. The molecule has 0 saturated carbocycles. The Morgan fingerprint density at radius 3 is 2.60 bits per heavy atom. The number of carbonyl (C=O) groups excluding carboxylic acids is 2. The minimum atomic E-state index is -0.719. The van der Waals surface area contributed by atoms with Crippen LogP contribution in [0.25, 0.3) is 0 Å². The first-order chi connectivity index (χ1) is 7.13. The number of amides is 2. The van der Waals surface area contributed by atoms with Crippen molar-refractivity contribution in [3.63, 3.8) is 0 Å². The first-order valence-electron chi connectivity index (χ1n) is 4.12. The number of phenolic OH excluding ortho intramolecular Hbond substituents is 1. The van der Waals surface area contributed by atoms with E-state index in [9.17, 15) is 9.59 Å². The third kappa shape index (κ3) is 3.28. The van der Waals surface area contributed by atoms with Gasteiger partial charge in [-0.25, -0.2) is 0 Å². The van der Waals surface area contributed by atoms with Crippen LogP contribution in [0.3, 0.4) is 0 Å². The second-order valence-electron chi connectivity index (χ2n) is 2.71. The summed E-state index contributed by atoms with van der Waals surface area (Å²) in [6.45, 7) is -0.708. The third-order valence-corrected chi connectivity index (χ3v) is 1.57. The second-order valence-corrected chi connectivity index (χ2v) is 2.71. The molecule has 0 saturated heterocycles. The molecule has 0 radical (unpaired) electrons. The van der Waals surface area contributed by atoms with Gasteiger partial charge in [0.2, 0.25) is 0 Å². The maximum Gasteiger partial charge on any atom is 0.269 e. The Kier molecular flexibility index (Phi) is 3.64. The van der Waals surface area contributed by atoms with Gasteiger partial charge in [-0.15, -0.1) is 0 Å². The van der Waals surface area contributed by atoms with Crippen molar-refractivity contribution in [3.05, 3.63) is 29.8 Å². The molecule has 0 unspecified atom stereocenters. The number of benzene rings is 1. The molecular weight excluding hydrogens is 200 g/mol. The Morgan fingerprint density at radius 1 is 1.27 bits per heavy atom. The molecule has 0 heterocycles. The van der Waals surface area contributed by atoms with Crippen LogP contribution >= 0.6 is 0 Å². The van der Waals surface area contributed by atoms with Crippen LogP contribution in [0.4, 0.5) is 0 Å². The summed E-state index contributed by atoms with van der Waals surface area (Å²) in [6.07, 6.45) is 0. The molecule has 15 heavy (non-hydrogen) atoms. The summed E-state index contributed by atoms with van der Waals surface area (Å²) in [5.41, 5.74) is 4.25. The SMILES string of the molecule is O=C(CO)NNC(=O)c1cccc(O)c1. The Morgan fingerprint density at radius 2 is 2.00 bits per heavy atom. The second kappa shape index (κ2) is 4.97. The molecule has 4 N–H and O–H groups in total. The summed E-state index contributed by atoms with van der Waals surface area (Å²) in [7, 11) is 0. The molecule has 1 aromatic rings. The first-order valence-corrected chi connectivity index (χ1v) is 4.12. The van der Waals surface area contributed by atoms with Crippen LogP contribution in [0.15, 0.2) is 24.3 Å². The molecule has 1 aromatic carbocycles. The maximum absolute atomic E-state index is 11.3. The van der Waals surface area contributed by atoms with Gasteiger partial charge < -0.3 is 10.2 Å². The average Bonchev–Trinajstić information content (AvgIpc) is 2.25. The van der Waals surface area contributed by atoms with Gasteiger partial charge in [0, 0.05) is 5.56 Å². The van der Waals surface area contributed by atoms with E-state index in [4.69, 9.17) is 10.2 Å². The van der Waals surface area contributed by atoms with Gasteiger partial charge in [0.05, 0.1) is 0 Å². The lowest BCUT2D eigenvalue weighted by atomic mass is 10.2. The monoisotopic (exact) mass is 210 g/mol. The summed E-state index contributed by atoms with van der Waals surface area (Å²) in [4.78, 5) is 21.9. The van der Waals surface area contributed by atoms with Gasteiger partial charge >= 0.3 is 0 Å². The lowest BCUT2D eigenvalue weighted by Crippen LogP contribution is -2.42. The Labute approximate surface area is 85.5 Å². The number of phenols is 1. The van der Waals surface area contributed by atoms with E-state index in [2.05, 4.69) is 5.43 Å². The van der Waals surface area contributed by atoms with E-state index < -0.39 is 18.4 Å². The van der Waals surface area contributed by atoms with Crippen molar-refractivity contribution in [3.8, 4) is 5.75 Å². The lowest BCUT2D eigenvalue weighted by molar-refractivity contribution is -0.124. The summed E-state index contributed by atoms with van der Waals surface area (Å²) in [5, 5.41) is 17.4. The van der Waals surface area contributed by atoms with Crippen LogP contribution in [0, 0.1) is 0 Å². The predicted molar refractivity (Wildman–Crippen MR) is 50.8 cm³/mol. The van der Waals surface area contributed by atoms with Gasteiger partial charge in [0.1, 0.15) is 12.4 Å². The molecule has 0 bridgehead atoms. The van der Waals surface area contributed by atoms with Crippen molar-refractivity contribution in [2.75, 3.05) is 6.61 Å². The average molecular weight is 210 g/mol. The number of aliphatic hydroxyl groups excluding tert-OH is 1. The smallest absolute Gasteiger partial charge is 0.269 e. The highest BCUT2D eigenvalue weighted by atomic mass is 16.3. The standard InChI is InChI=1S/C9H10N2O4/c12-5-8(14)10-11-9(15)6-2-1-3-7(13)4-6/h1-4,12-13H,5H2,(H,10,14)(H,11,15). The van der Waals surface area contributed by atoms with Crippen molar-refractivity contribution < 1.29 is 19.8 Å². The number of aromatic hydroxyl groups is 1.